The lowest BCUT2D eigenvalue weighted by Crippen LogP contribution is -2.35. The summed E-state index contributed by atoms with van der Waals surface area (Å²) in [6.45, 7) is 6.40. The number of likely N-dealkylation sites (N-methyl/N-ethyl adjacent to an activating group) is 1. The van der Waals surface area contributed by atoms with Crippen molar-refractivity contribution in [3.05, 3.63) is 34.6 Å². The fraction of sp³-hybridized carbons (Fsp3) is 0.571. The fourth-order valence-corrected chi connectivity index (χ4v) is 2.33. The van der Waals surface area contributed by atoms with Crippen LogP contribution in [0.15, 0.2) is 18.2 Å². The molecule has 1 atom stereocenters. The Morgan fingerprint density at radius 1 is 1.39 bits per heavy atom. The molecular weight excluding hydrogens is 251 g/mol. The van der Waals surface area contributed by atoms with Crippen LogP contribution in [0, 0.1) is 5.82 Å². The van der Waals surface area contributed by atoms with Crippen LogP contribution in [-0.2, 0) is 0 Å². The molecule has 1 unspecified atom stereocenters. The van der Waals surface area contributed by atoms with Crippen LogP contribution in [0.3, 0.4) is 0 Å². The van der Waals surface area contributed by atoms with E-state index in [1.165, 1.54) is 0 Å². The molecule has 102 valence electrons. The van der Waals surface area contributed by atoms with Crippen molar-refractivity contribution in [3.8, 4) is 0 Å². The number of halogens is 2. The number of unbranched alkanes of at least 4 members (excludes halogenated alkanes) is 1. The fourth-order valence-electron chi connectivity index (χ4n) is 2.15. The van der Waals surface area contributed by atoms with Crippen molar-refractivity contribution in [2.45, 2.75) is 32.7 Å². The normalized spacial score (nSPS) is 13.0. The van der Waals surface area contributed by atoms with E-state index >= 15 is 0 Å². The molecule has 0 fully saturated rings. The van der Waals surface area contributed by atoms with E-state index in [0.717, 1.165) is 25.9 Å². The van der Waals surface area contributed by atoms with Gasteiger partial charge in [-0.25, -0.2) is 4.39 Å². The van der Waals surface area contributed by atoms with Gasteiger partial charge in [0.2, 0.25) is 0 Å². The molecule has 0 saturated carbocycles. The number of hydrogen-bond acceptors (Lipinski definition) is 2. The van der Waals surface area contributed by atoms with Crippen LogP contribution in [0.4, 0.5) is 4.39 Å². The van der Waals surface area contributed by atoms with E-state index in [0.29, 0.717) is 12.1 Å². The highest BCUT2D eigenvalue weighted by atomic mass is 35.5. The summed E-state index contributed by atoms with van der Waals surface area (Å²) >= 11 is 5.83. The molecule has 0 amide bonds. The van der Waals surface area contributed by atoms with E-state index in [4.69, 9.17) is 17.3 Å². The van der Waals surface area contributed by atoms with Gasteiger partial charge in [0, 0.05) is 18.2 Å². The van der Waals surface area contributed by atoms with Crippen LogP contribution in [-0.4, -0.2) is 24.5 Å². The Morgan fingerprint density at radius 2 is 2.11 bits per heavy atom. The third-order valence-electron chi connectivity index (χ3n) is 3.21. The van der Waals surface area contributed by atoms with Crippen molar-refractivity contribution in [2.75, 3.05) is 19.6 Å². The lowest BCUT2D eigenvalue weighted by Gasteiger charge is -2.30. The SMILES string of the molecule is CCCCN(CC)C(CN)c1cccc(Cl)c1F. The van der Waals surface area contributed by atoms with Crippen LogP contribution in [0.1, 0.15) is 38.3 Å². The highest BCUT2D eigenvalue weighted by molar-refractivity contribution is 6.30. The van der Waals surface area contributed by atoms with E-state index in [2.05, 4.69) is 18.7 Å². The van der Waals surface area contributed by atoms with Crippen molar-refractivity contribution in [1.29, 1.82) is 0 Å². The summed E-state index contributed by atoms with van der Waals surface area (Å²) in [5, 5.41) is 0.164. The van der Waals surface area contributed by atoms with Gasteiger partial charge < -0.3 is 5.73 Å². The quantitative estimate of drug-likeness (QED) is 0.822. The molecule has 4 heteroatoms. The first-order valence-corrected chi connectivity index (χ1v) is 6.91. The third kappa shape index (κ3) is 3.67. The van der Waals surface area contributed by atoms with Gasteiger partial charge in [0.1, 0.15) is 5.82 Å². The summed E-state index contributed by atoms with van der Waals surface area (Å²) in [5.74, 6) is -0.343. The predicted molar refractivity (Wildman–Crippen MR) is 75.4 cm³/mol. The molecule has 0 aliphatic carbocycles. The van der Waals surface area contributed by atoms with Gasteiger partial charge in [0.25, 0.3) is 0 Å². The minimum absolute atomic E-state index is 0.0970. The van der Waals surface area contributed by atoms with Gasteiger partial charge in [-0.05, 0) is 25.6 Å². The molecule has 0 radical (unpaired) electrons. The Hall–Kier alpha value is -0.640. The number of nitrogens with zero attached hydrogens (tertiary/aromatic N) is 1. The largest absolute Gasteiger partial charge is 0.329 e. The van der Waals surface area contributed by atoms with Gasteiger partial charge in [-0.15, -0.1) is 0 Å². The number of hydrogen-bond donors (Lipinski definition) is 1. The zero-order chi connectivity index (χ0) is 13.5. The number of nitrogens with two attached hydrogens (primary N) is 1. The van der Waals surface area contributed by atoms with Gasteiger partial charge in [0.15, 0.2) is 0 Å². The summed E-state index contributed by atoms with van der Waals surface area (Å²) in [7, 11) is 0. The minimum atomic E-state index is -0.343. The molecule has 0 saturated heterocycles. The summed E-state index contributed by atoms with van der Waals surface area (Å²) in [5.41, 5.74) is 6.42. The lowest BCUT2D eigenvalue weighted by atomic mass is 10.0. The molecule has 2 nitrogen and oxygen atoms in total. The molecule has 18 heavy (non-hydrogen) atoms. The number of benzene rings is 1. The summed E-state index contributed by atoms with van der Waals surface area (Å²) in [4.78, 5) is 2.21. The molecule has 1 aromatic carbocycles. The predicted octanol–water partition coefficient (Wildman–Crippen LogP) is 3.60. The second kappa shape index (κ2) is 7.72. The summed E-state index contributed by atoms with van der Waals surface area (Å²) in [6.07, 6.45) is 2.21. The highest BCUT2D eigenvalue weighted by Crippen LogP contribution is 2.27. The van der Waals surface area contributed by atoms with Crippen molar-refractivity contribution >= 4 is 11.6 Å². The molecule has 0 spiro atoms. The van der Waals surface area contributed by atoms with Gasteiger partial charge in [-0.1, -0.05) is 44.0 Å². The zero-order valence-electron chi connectivity index (χ0n) is 11.1. The molecule has 0 aliphatic rings. The average Bonchev–Trinajstić information content (AvgIpc) is 2.38. The van der Waals surface area contributed by atoms with Crippen LogP contribution >= 0.6 is 11.6 Å². The standard InChI is InChI=1S/C14H22ClFN2/c1-3-5-9-18(4-2)13(10-17)11-7-6-8-12(15)14(11)16/h6-8,13H,3-5,9-10,17H2,1-2H3. The topological polar surface area (TPSA) is 29.3 Å². The average molecular weight is 273 g/mol. The van der Waals surface area contributed by atoms with E-state index < -0.39 is 0 Å². The first-order chi connectivity index (χ1) is 8.65. The van der Waals surface area contributed by atoms with E-state index in [1.54, 1.807) is 18.2 Å². The Bertz CT molecular complexity index is 371. The monoisotopic (exact) mass is 272 g/mol. The van der Waals surface area contributed by atoms with E-state index in [9.17, 15) is 4.39 Å². The molecule has 0 bridgehead atoms. The van der Waals surface area contributed by atoms with Crippen molar-refractivity contribution in [2.24, 2.45) is 5.73 Å². The first-order valence-electron chi connectivity index (χ1n) is 6.53. The van der Waals surface area contributed by atoms with Crippen molar-refractivity contribution in [3.63, 3.8) is 0 Å². The Morgan fingerprint density at radius 3 is 2.67 bits per heavy atom. The van der Waals surface area contributed by atoms with Gasteiger partial charge in [0.05, 0.1) is 5.02 Å². The van der Waals surface area contributed by atoms with Gasteiger partial charge in [-0.3, -0.25) is 4.90 Å². The van der Waals surface area contributed by atoms with Gasteiger partial charge in [-0.2, -0.15) is 0 Å². The molecule has 0 aliphatic heterocycles. The molecule has 1 aromatic rings. The molecule has 1 rings (SSSR count). The third-order valence-corrected chi connectivity index (χ3v) is 3.50. The zero-order valence-corrected chi connectivity index (χ0v) is 11.9. The maximum atomic E-state index is 14.0. The molecule has 0 heterocycles. The summed E-state index contributed by atoms with van der Waals surface area (Å²) in [6, 6.07) is 5.01. The van der Waals surface area contributed by atoms with Crippen LogP contribution in [0.25, 0.3) is 0 Å². The van der Waals surface area contributed by atoms with Crippen molar-refractivity contribution in [1.82, 2.24) is 4.90 Å². The van der Waals surface area contributed by atoms with Crippen LogP contribution in [0.5, 0.6) is 0 Å². The Balaban J connectivity index is 2.96. The summed E-state index contributed by atoms with van der Waals surface area (Å²) < 4.78 is 14.0. The maximum absolute atomic E-state index is 14.0. The lowest BCUT2D eigenvalue weighted by molar-refractivity contribution is 0.205. The Kier molecular flexibility index (Phi) is 6.61. The van der Waals surface area contributed by atoms with Crippen LogP contribution in [0.2, 0.25) is 5.02 Å². The molecule has 2 N–H and O–H groups in total. The smallest absolute Gasteiger partial charge is 0.146 e. The van der Waals surface area contributed by atoms with E-state index in [1.807, 2.05) is 0 Å². The maximum Gasteiger partial charge on any atom is 0.146 e. The van der Waals surface area contributed by atoms with E-state index in [-0.39, 0.29) is 16.9 Å². The second-order valence-corrected chi connectivity index (χ2v) is 4.78. The molecular formula is C14H22ClFN2. The second-order valence-electron chi connectivity index (χ2n) is 4.38. The number of rotatable bonds is 7. The first kappa shape index (κ1) is 15.4. The van der Waals surface area contributed by atoms with Gasteiger partial charge >= 0.3 is 0 Å². The molecule has 0 aromatic heterocycles. The van der Waals surface area contributed by atoms with Crippen LogP contribution < -0.4 is 5.73 Å². The Labute approximate surface area is 114 Å². The highest BCUT2D eigenvalue weighted by Gasteiger charge is 2.21. The minimum Gasteiger partial charge on any atom is -0.329 e. The van der Waals surface area contributed by atoms with Crippen molar-refractivity contribution < 1.29 is 4.39 Å².